The third kappa shape index (κ3) is 4.08. The molecule has 8 nitrogen and oxygen atoms in total. The fraction of sp³-hybridized carbons (Fsp3) is 0.600. The van der Waals surface area contributed by atoms with Gasteiger partial charge in [-0.2, -0.15) is 5.10 Å². The predicted octanol–water partition coefficient (Wildman–Crippen LogP) is 0.226. The molecule has 0 aromatic carbocycles. The van der Waals surface area contributed by atoms with Crippen LogP contribution < -0.4 is 0 Å². The third-order valence-electron chi connectivity index (χ3n) is 4.22. The van der Waals surface area contributed by atoms with Crippen LogP contribution in [0.2, 0.25) is 0 Å². The monoisotopic (exact) mass is 322 g/mol. The fourth-order valence-electron chi connectivity index (χ4n) is 2.70. The Morgan fingerprint density at radius 2 is 2.00 bits per heavy atom. The quantitative estimate of drug-likeness (QED) is 0.837. The Labute approximate surface area is 134 Å². The maximum atomic E-state index is 12.3. The van der Waals surface area contributed by atoms with Gasteiger partial charge in [-0.25, -0.2) is 0 Å². The van der Waals surface area contributed by atoms with E-state index in [0.29, 0.717) is 25.9 Å². The minimum Gasteiger partial charge on any atom is -0.481 e. The van der Waals surface area contributed by atoms with Gasteiger partial charge in [0.1, 0.15) is 6.04 Å². The summed E-state index contributed by atoms with van der Waals surface area (Å²) in [5.41, 5.74) is 0. The van der Waals surface area contributed by atoms with Crippen molar-refractivity contribution in [1.82, 2.24) is 19.6 Å². The molecule has 126 valence electrons. The topological polar surface area (TPSA) is 95.7 Å². The highest BCUT2D eigenvalue weighted by molar-refractivity contribution is 5.86. The first-order valence-corrected chi connectivity index (χ1v) is 7.65. The van der Waals surface area contributed by atoms with E-state index in [-0.39, 0.29) is 24.3 Å². The van der Waals surface area contributed by atoms with Gasteiger partial charge in [-0.1, -0.05) is 0 Å². The summed E-state index contributed by atoms with van der Waals surface area (Å²) in [7, 11) is 1.59. The number of rotatable bonds is 5. The van der Waals surface area contributed by atoms with Crippen molar-refractivity contribution in [2.75, 3.05) is 26.7 Å². The highest BCUT2D eigenvalue weighted by atomic mass is 16.4. The van der Waals surface area contributed by atoms with E-state index in [1.165, 1.54) is 4.90 Å². The van der Waals surface area contributed by atoms with Crippen LogP contribution in [0.5, 0.6) is 0 Å². The first kappa shape index (κ1) is 17.0. The second-order valence-corrected chi connectivity index (χ2v) is 5.85. The Morgan fingerprint density at radius 1 is 1.35 bits per heavy atom. The number of hydrogen-bond donors (Lipinski definition) is 1. The molecule has 0 saturated carbocycles. The number of aromatic nitrogens is 2. The van der Waals surface area contributed by atoms with Crippen molar-refractivity contribution in [3.8, 4) is 0 Å². The number of likely N-dealkylation sites (N-methyl/N-ethyl adjacent to an activating group) is 1. The number of carbonyl (C=O) groups excluding carboxylic acids is 2. The maximum Gasteiger partial charge on any atom is 0.306 e. The van der Waals surface area contributed by atoms with Crippen molar-refractivity contribution in [3.63, 3.8) is 0 Å². The molecular formula is C15H22N4O4. The molecule has 8 heteroatoms. The molecule has 1 aromatic heterocycles. The Kier molecular flexibility index (Phi) is 5.36. The zero-order chi connectivity index (χ0) is 17.0. The van der Waals surface area contributed by atoms with Gasteiger partial charge in [-0.15, -0.1) is 0 Å². The van der Waals surface area contributed by atoms with Gasteiger partial charge < -0.3 is 14.9 Å². The van der Waals surface area contributed by atoms with Crippen molar-refractivity contribution < 1.29 is 19.5 Å². The number of amides is 2. The van der Waals surface area contributed by atoms with E-state index in [0.717, 1.165) is 0 Å². The summed E-state index contributed by atoms with van der Waals surface area (Å²) in [6.45, 7) is 2.57. The molecule has 0 bridgehead atoms. The van der Waals surface area contributed by atoms with Crippen LogP contribution in [0.15, 0.2) is 18.5 Å². The van der Waals surface area contributed by atoms with Crippen LogP contribution in [0.3, 0.4) is 0 Å². The normalized spacial score (nSPS) is 16.9. The Bertz CT molecular complexity index is 564. The summed E-state index contributed by atoms with van der Waals surface area (Å²) in [4.78, 5) is 38.5. The van der Waals surface area contributed by atoms with Crippen LogP contribution in [-0.2, 0) is 14.4 Å². The van der Waals surface area contributed by atoms with E-state index in [1.807, 2.05) is 0 Å². The molecular weight excluding hydrogens is 300 g/mol. The smallest absolute Gasteiger partial charge is 0.306 e. The van der Waals surface area contributed by atoms with Crippen molar-refractivity contribution in [3.05, 3.63) is 18.5 Å². The number of hydrogen-bond acceptors (Lipinski definition) is 4. The van der Waals surface area contributed by atoms with E-state index in [2.05, 4.69) is 5.10 Å². The SMILES string of the molecule is CC(C(=O)N(C)CC(=O)N1CCC(C(=O)O)CC1)n1cccn1. The van der Waals surface area contributed by atoms with Gasteiger partial charge >= 0.3 is 5.97 Å². The Balaban J connectivity index is 1.85. The molecule has 0 aliphatic carbocycles. The lowest BCUT2D eigenvalue weighted by Gasteiger charge is -2.31. The van der Waals surface area contributed by atoms with Crippen molar-refractivity contribution >= 4 is 17.8 Å². The van der Waals surface area contributed by atoms with E-state index in [4.69, 9.17) is 5.11 Å². The number of likely N-dealkylation sites (tertiary alicyclic amines) is 1. The molecule has 23 heavy (non-hydrogen) atoms. The number of aliphatic carboxylic acids is 1. The van der Waals surface area contributed by atoms with Gasteiger partial charge in [0.15, 0.2) is 0 Å². The molecule has 0 radical (unpaired) electrons. The van der Waals surface area contributed by atoms with Gasteiger partial charge in [0.2, 0.25) is 11.8 Å². The lowest BCUT2D eigenvalue weighted by Crippen LogP contribution is -2.46. The molecule has 1 aromatic rings. The number of carboxylic acid groups (broad SMARTS) is 1. The zero-order valence-corrected chi connectivity index (χ0v) is 13.4. The van der Waals surface area contributed by atoms with Crippen LogP contribution in [0.25, 0.3) is 0 Å². The fourth-order valence-corrected chi connectivity index (χ4v) is 2.70. The number of nitrogens with zero attached hydrogens (tertiary/aromatic N) is 4. The van der Waals surface area contributed by atoms with Crippen molar-refractivity contribution in [1.29, 1.82) is 0 Å². The Morgan fingerprint density at radius 3 is 2.52 bits per heavy atom. The summed E-state index contributed by atoms with van der Waals surface area (Å²) in [6.07, 6.45) is 4.22. The molecule has 1 aliphatic rings. The van der Waals surface area contributed by atoms with Crippen LogP contribution in [-0.4, -0.2) is 69.2 Å². The van der Waals surface area contributed by atoms with Crippen molar-refractivity contribution in [2.24, 2.45) is 5.92 Å². The summed E-state index contributed by atoms with van der Waals surface area (Å²) in [5.74, 6) is -1.53. The molecule has 1 N–H and O–H groups in total. The minimum atomic E-state index is -0.808. The second kappa shape index (κ2) is 7.26. The van der Waals surface area contributed by atoms with Crippen LogP contribution in [0.1, 0.15) is 25.8 Å². The Hall–Kier alpha value is -2.38. The van der Waals surface area contributed by atoms with Crippen LogP contribution in [0.4, 0.5) is 0 Å². The molecule has 0 spiro atoms. The van der Waals surface area contributed by atoms with E-state index in [9.17, 15) is 14.4 Å². The molecule has 2 rings (SSSR count). The van der Waals surface area contributed by atoms with E-state index in [1.54, 1.807) is 42.0 Å². The van der Waals surface area contributed by atoms with Gasteiger partial charge in [-0.05, 0) is 25.8 Å². The van der Waals surface area contributed by atoms with Gasteiger partial charge in [-0.3, -0.25) is 19.1 Å². The molecule has 2 heterocycles. The minimum absolute atomic E-state index is 0.0117. The molecule has 1 unspecified atom stereocenters. The average Bonchev–Trinajstić information content (AvgIpc) is 3.07. The lowest BCUT2D eigenvalue weighted by atomic mass is 9.97. The summed E-state index contributed by atoms with van der Waals surface area (Å²) in [5, 5.41) is 13.0. The standard InChI is InChI=1S/C15H22N4O4/c1-11(19-7-3-6-16-19)14(21)17(2)10-13(20)18-8-4-12(5-9-18)15(22)23/h3,6-7,11-12H,4-5,8-10H2,1-2H3,(H,22,23). The highest BCUT2D eigenvalue weighted by Crippen LogP contribution is 2.17. The number of carbonyl (C=O) groups is 3. The van der Waals surface area contributed by atoms with Gasteiger partial charge in [0, 0.05) is 32.5 Å². The van der Waals surface area contributed by atoms with Crippen LogP contribution >= 0.6 is 0 Å². The predicted molar refractivity (Wildman–Crippen MR) is 81.5 cm³/mol. The molecule has 1 atom stereocenters. The van der Waals surface area contributed by atoms with Gasteiger partial charge in [0.05, 0.1) is 12.5 Å². The first-order valence-electron chi connectivity index (χ1n) is 7.65. The summed E-state index contributed by atoms with van der Waals surface area (Å²) >= 11 is 0. The number of carboxylic acids is 1. The molecule has 1 aliphatic heterocycles. The first-order chi connectivity index (χ1) is 10.9. The van der Waals surface area contributed by atoms with Crippen LogP contribution in [0, 0.1) is 5.92 Å². The van der Waals surface area contributed by atoms with E-state index >= 15 is 0 Å². The molecule has 1 saturated heterocycles. The summed E-state index contributed by atoms with van der Waals surface area (Å²) < 4.78 is 1.54. The highest BCUT2D eigenvalue weighted by Gasteiger charge is 2.28. The second-order valence-electron chi connectivity index (χ2n) is 5.85. The summed E-state index contributed by atoms with van der Waals surface area (Å²) in [6, 6.07) is 1.27. The van der Waals surface area contributed by atoms with Gasteiger partial charge in [0.25, 0.3) is 0 Å². The lowest BCUT2D eigenvalue weighted by molar-refractivity contribution is -0.146. The third-order valence-corrected chi connectivity index (χ3v) is 4.22. The zero-order valence-electron chi connectivity index (χ0n) is 13.4. The molecule has 1 fully saturated rings. The maximum absolute atomic E-state index is 12.3. The largest absolute Gasteiger partial charge is 0.481 e. The number of piperidine rings is 1. The average molecular weight is 322 g/mol. The van der Waals surface area contributed by atoms with E-state index < -0.39 is 12.0 Å². The van der Waals surface area contributed by atoms with Crippen molar-refractivity contribution in [2.45, 2.75) is 25.8 Å². The molecule has 2 amide bonds.